The lowest BCUT2D eigenvalue weighted by molar-refractivity contribution is -0.130. The van der Waals surface area contributed by atoms with E-state index in [1.165, 1.54) is 0 Å². The molecule has 0 aliphatic carbocycles. The van der Waals surface area contributed by atoms with Gasteiger partial charge in [-0.3, -0.25) is 0 Å². The Morgan fingerprint density at radius 1 is 1.11 bits per heavy atom. The van der Waals surface area contributed by atoms with Gasteiger partial charge in [0.15, 0.2) is 0 Å². The zero-order chi connectivity index (χ0) is 13.6. The third-order valence-electron chi connectivity index (χ3n) is 3.17. The van der Waals surface area contributed by atoms with Gasteiger partial charge in [-0.25, -0.2) is 4.79 Å². The second-order valence-corrected chi connectivity index (χ2v) is 4.80. The molecule has 0 bridgehead atoms. The topological polar surface area (TPSA) is 53.1 Å². The summed E-state index contributed by atoms with van der Waals surface area (Å²) in [4.78, 5) is 14.2. The molecule has 3 rings (SSSR count). The van der Waals surface area contributed by atoms with Crippen LogP contribution in [-0.2, 0) is 4.79 Å². The molecule has 0 aliphatic heterocycles. The number of carboxylic acid groups (broad SMARTS) is 1. The fourth-order valence-corrected chi connectivity index (χ4v) is 2.36. The molecule has 19 heavy (non-hydrogen) atoms. The van der Waals surface area contributed by atoms with E-state index in [0.29, 0.717) is 10.6 Å². The number of hydrogen-bond acceptors (Lipinski definition) is 1. The average Bonchev–Trinajstić information content (AvgIpc) is 2.74. The maximum atomic E-state index is 10.9. The Balaban J connectivity index is 2.27. The zero-order valence-corrected chi connectivity index (χ0v) is 10.7. The highest BCUT2D eigenvalue weighted by atomic mass is 35.5. The molecule has 0 saturated carbocycles. The molecule has 2 N–H and O–H groups in total. The molecule has 1 aromatic heterocycles. The number of carboxylic acids is 1. The number of nitrogens with one attached hydrogen (secondary N) is 1. The first-order valence-electron chi connectivity index (χ1n) is 5.70. The van der Waals surface area contributed by atoms with Gasteiger partial charge in [0.2, 0.25) is 0 Å². The Morgan fingerprint density at radius 3 is 2.63 bits per heavy atom. The highest BCUT2D eigenvalue weighted by Crippen LogP contribution is 2.29. The summed E-state index contributed by atoms with van der Waals surface area (Å²) in [5, 5.41) is 11.7. The summed E-state index contributed by atoms with van der Waals surface area (Å²) in [5.41, 5.74) is 2.52. The highest BCUT2D eigenvalue weighted by Gasteiger charge is 2.10. The predicted octanol–water partition coefficient (Wildman–Crippen LogP) is 4.07. The van der Waals surface area contributed by atoms with E-state index in [-0.39, 0.29) is 5.57 Å². The molecular formula is C15H10ClNO2. The predicted molar refractivity (Wildman–Crippen MR) is 77.5 cm³/mol. The molecule has 0 spiro atoms. The molecular weight excluding hydrogens is 262 g/mol. The number of aromatic nitrogens is 1. The maximum absolute atomic E-state index is 10.9. The summed E-state index contributed by atoms with van der Waals surface area (Å²) in [5.74, 6) is -1.02. The van der Waals surface area contributed by atoms with Crippen molar-refractivity contribution in [3.05, 3.63) is 53.6 Å². The zero-order valence-electron chi connectivity index (χ0n) is 9.90. The van der Waals surface area contributed by atoms with E-state index in [0.717, 1.165) is 21.8 Å². The van der Waals surface area contributed by atoms with E-state index in [9.17, 15) is 4.79 Å². The maximum Gasteiger partial charge on any atom is 0.335 e. The number of H-pyrrole nitrogens is 1. The van der Waals surface area contributed by atoms with Crippen LogP contribution < -0.4 is 0 Å². The minimum absolute atomic E-state index is 0.0820. The van der Waals surface area contributed by atoms with Crippen molar-refractivity contribution < 1.29 is 9.90 Å². The molecule has 3 nitrogen and oxygen atoms in total. The largest absolute Gasteiger partial charge is 0.478 e. The van der Waals surface area contributed by atoms with Gasteiger partial charge in [-0.05, 0) is 29.8 Å². The third-order valence-corrected chi connectivity index (χ3v) is 3.40. The summed E-state index contributed by atoms with van der Waals surface area (Å²) in [7, 11) is 0. The van der Waals surface area contributed by atoms with E-state index in [1.54, 1.807) is 12.1 Å². The molecule has 94 valence electrons. The number of halogens is 1. The Hall–Kier alpha value is -2.26. The van der Waals surface area contributed by atoms with E-state index >= 15 is 0 Å². The van der Waals surface area contributed by atoms with Crippen LogP contribution in [0.3, 0.4) is 0 Å². The molecule has 3 aromatic rings. The van der Waals surface area contributed by atoms with Gasteiger partial charge >= 0.3 is 5.97 Å². The standard InChI is InChI=1S/C15H10ClNO2/c1-8(15(18)19)9-2-4-11-12-7-10(16)3-5-13(12)17-14(11)6-9/h2-7,17H,1H2,(H,18,19). The fourth-order valence-electron chi connectivity index (χ4n) is 2.19. The van der Waals surface area contributed by atoms with Crippen molar-refractivity contribution in [1.82, 2.24) is 4.98 Å². The second kappa shape index (κ2) is 4.14. The summed E-state index contributed by atoms with van der Waals surface area (Å²) in [6, 6.07) is 11.0. The van der Waals surface area contributed by atoms with Crippen LogP contribution in [0.15, 0.2) is 43.0 Å². The van der Waals surface area contributed by atoms with Crippen LogP contribution in [0.2, 0.25) is 5.02 Å². The van der Waals surface area contributed by atoms with Crippen molar-refractivity contribution in [2.45, 2.75) is 0 Å². The first kappa shape index (κ1) is 11.8. The third kappa shape index (κ3) is 1.88. The molecule has 0 saturated heterocycles. The number of fused-ring (bicyclic) bond motifs is 3. The number of carbonyl (C=O) groups is 1. The van der Waals surface area contributed by atoms with E-state index < -0.39 is 5.97 Å². The van der Waals surface area contributed by atoms with E-state index in [2.05, 4.69) is 11.6 Å². The van der Waals surface area contributed by atoms with Gasteiger partial charge < -0.3 is 10.1 Å². The summed E-state index contributed by atoms with van der Waals surface area (Å²) in [6.07, 6.45) is 0. The van der Waals surface area contributed by atoms with Crippen molar-refractivity contribution >= 4 is 44.9 Å². The van der Waals surface area contributed by atoms with Crippen LogP contribution in [0.4, 0.5) is 0 Å². The monoisotopic (exact) mass is 271 g/mol. The van der Waals surface area contributed by atoms with Crippen LogP contribution in [0, 0.1) is 0 Å². The van der Waals surface area contributed by atoms with Crippen molar-refractivity contribution in [3.63, 3.8) is 0 Å². The lowest BCUT2D eigenvalue weighted by atomic mass is 10.0. The Labute approximate surface area is 114 Å². The van der Waals surface area contributed by atoms with Crippen LogP contribution in [0.25, 0.3) is 27.4 Å². The number of benzene rings is 2. The highest BCUT2D eigenvalue weighted by molar-refractivity contribution is 6.31. The van der Waals surface area contributed by atoms with E-state index in [4.69, 9.17) is 16.7 Å². The average molecular weight is 272 g/mol. The lowest BCUT2D eigenvalue weighted by Crippen LogP contribution is -1.97. The Kier molecular flexibility index (Phi) is 2.57. The molecule has 0 aliphatic rings. The Morgan fingerprint density at radius 2 is 1.89 bits per heavy atom. The molecule has 0 radical (unpaired) electrons. The minimum atomic E-state index is -1.02. The van der Waals surface area contributed by atoms with Crippen molar-refractivity contribution in [2.24, 2.45) is 0 Å². The Bertz CT molecular complexity index is 833. The lowest BCUT2D eigenvalue weighted by Gasteiger charge is -2.00. The molecule has 0 unspecified atom stereocenters. The molecule has 1 heterocycles. The molecule has 2 aromatic carbocycles. The first-order chi connectivity index (χ1) is 9.06. The van der Waals surface area contributed by atoms with Gasteiger partial charge in [-0.15, -0.1) is 0 Å². The smallest absolute Gasteiger partial charge is 0.335 e. The number of hydrogen-bond donors (Lipinski definition) is 2. The van der Waals surface area contributed by atoms with Crippen LogP contribution in [0.5, 0.6) is 0 Å². The minimum Gasteiger partial charge on any atom is -0.478 e. The summed E-state index contributed by atoms with van der Waals surface area (Å²) >= 11 is 5.99. The first-order valence-corrected chi connectivity index (χ1v) is 6.07. The molecule has 4 heteroatoms. The SMILES string of the molecule is C=C(C(=O)O)c1ccc2c(c1)[nH]c1ccc(Cl)cc12. The molecule has 0 fully saturated rings. The number of aliphatic carboxylic acids is 1. The van der Waals surface area contributed by atoms with Gasteiger partial charge in [0.1, 0.15) is 0 Å². The van der Waals surface area contributed by atoms with Crippen LogP contribution >= 0.6 is 11.6 Å². The number of aromatic amines is 1. The van der Waals surface area contributed by atoms with Gasteiger partial charge in [-0.1, -0.05) is 30.3 Å². The van der Waals surface area contributed by atoms with Crippen molar-refractivity contribution in [3.8, 4) is 0 Å². The van der Waals surface area contributed by atoms with Crippen molar-refractivity contribution in [1.29, 1.82) is 0 Å². The summed E-state index contributed by atoms with van der Waals surface area (Å²) < 4.78 is 0. The quantitative estimate of drug-likeness (QED) is 0.690. The van der Waals surface area contributed by atoms with E-state index in [1.807, 2.05) is 24.3 Å². The molecule has 0 amide bonds. The summed E-state index contributed by atoms with van der Waals surface area (Å²) in [6.45, 7) is 3.56. The van der Waals surface area contributed by atoms with Gasteiger partial charge in [0, 0.05) is 26.8 Å². The fraction of sp³-hybridized carbons (Fsp3) is 0. The van der Waals surface area contributed by atoms with Crippen LogP contribution in [0.1, 0.15) is 5.56 Å². The van der Waals surface area contributed by atoms with Gasteiger partial charge in [-0.2, -0.15) is 0 Å². The second-order valence-electron chi connectivity index (χ2n) is 4.36. The van der Waals surface area contributed by atoms with Gasteiger partial charge in [0.25, 0.3) is 0 Å². The van der Waals surface area contributed by atoms with Gasteiger partial charge in [0.05, 0.1) is 5.57 Å². The van der Waals surface area contributed by atoms with Crippen LogP contribution in [-0.4, -0.2) is 16.1 Å². The van der Waals surface area contributed by atoms with Crippen molar-refractivity contribution in [2.75, 3.05) is 0 Å². The number of rotatable bonds is 2. The molecule has 0 atom stereocenters. The normalized spacial score (nSPS) is 11.0.